The molecule has 1 aromatic rings. The second kappa shape index (κ2) is 7.07. The first-order valence-electron chi connectivity index (χ1n) is 7.72. The highest BCUT2D eigenvalue weighted by Crippen LogP contribution is 2.25. The molecule has 5 heteroatoms. The second-order valence-electron chi connectivity index (χ2n) is 6.51. The van der Waals surface area contributed by atoms with E-state index in [1.165, 1.54) is 6.42 Å². The van der Waals surface area contributed by atoms with E-state index in [4.69, 9.17) is 12.2 Å². The van der Waals surface area contributed by atoms with Crippen molar-refractivity contribution in [3.8, 4) is 0 Å². The van der Waals surface area contributed by atoms with E-state index in [-0.39, 0.29) is 0 Å². The monoisotopic (exact) mass is 306 g/mol. The average molecular weight is 306 g/mol. The Hall–Kier alpha value is -1.36. The fourth-order valence-electron chi connectivity index (χ4n) is 2.93. The first-order chi connectivity index (χ1) is 9.94. The number of hydrogen-bond donors (Lipinski definition) is 2. The zero-order chi connectivity index (χ0) is 15.4. The Kier molecular flexibility index (Phi) is 5.39. The van der Waals surface area contributed by atoms with E-state index in [9.17, 15) is 0 Å². The fraction of sp³-hybridized carbons (Fsp3) is 0.625. The lowest BCUT2D eigenvalue weighted by atomic mass is 9.92. The van der Waals surface area contributed by atoms with Gasteiger partial charge in [0, 0.05) is 19.1 Å². The standard InChI is InChI=1S/C16H26N4S/c1-11(2)18-16(21)19-14-5-6-15(17-8-14)20-9-12(3)7-13(4)10-20/h5-6,8,11-13H,7,9-10H2,1-4H3,(H2,18,19,21). The molecule has 0 aliphatic carbocycles. The maximum Gasteiger partial charge on any atom is 0.171 e. The Morgan fingerprint density at radius 2 is 1.95 bits per heavy atom. The minimum Gasteiger partial charge on any atom is -0.360 e. The van der Waals surface area contributed by atoms with E-state index < -0.39 is 0 Å². The molecule has 0 radical (unpaired) electrons. The van der Waals surface area contributed by atoms with Gasteiger partial charge >= 0.3 is 0 Å². The molecule has 0 spiro atoms. The summed E-state index contributed by atoms with van der Waals surface area (Å²) < 4.78 is 0. The predicted octanol–water partition coefficient (Wildman–Crippen LogP) is 3.26. The van der Waals surface area contributed by atoms with Gasteiger partial charge in [-0.2, -0.15) is 0 Å². The third-order valence-electron chi connectivity index (χ3n) is 3.62. The first-order valence-corrected chi connectivity index (χ1v) is 8.13. The van der Waals surface area contributed by atoms with Crippen LogP contribution in [0.4, 0.5) is 11.5 Å². The molecule has 0 bridgehead atoms. The zero-order valence-corrected chi connectivity index (χ0v) is 14.2. The molecule has 0 aromatic carbocycles. The molecule has 0 amide bonds. The highest BCUT2D eigenvalue weighted by Gasteiger charge is 2.22. The predicted molar refractivity (Wildman–Crippen MR) is 93.9 cm³/mol. The Labute approximate surface area is 133 Å². The summed E-state index contributed by atoms with van der Waals surface area (Å²) in [5, 5.41) is 6.96. The van der Waals surface area contributed by atoms with Crippen LogP contribution in [0, 0.1) is 11.8 Å². The maximum absolute atomic E-state index is 5.24. The number of nitrogens with one attached hydrogen (secondary N) is 2. The van der Waals surface area contributed by atoms with Gasteiger partial charge in [0.15, 0.2) is 5.11 Å². The van der Waals surface area contributed by atoms with Crippen molar-refractivity contribution >= 4 is 28.8 Å². The van der Waals surface area contributed by atoms with Crippen LogP contribution in [0.1, 0.15) is 34.1 Å². The van der Waals surface area contributed by atoms with Gasteiger partial charge in [-0.15, -0.1) is 0 Å². The molecule has 1 aliphatic rings. The lowest BCUT2D eigenvalue weighted by Crippen LogP contribution is -2.39. The summed E-state index contributed by atoms with van der Waals surface area (Å²) in [6.45, 7) is 10.9. The van der Waals surface area contributed by atoms with E-state index in [1.807, 2.05) is 12.3 Å². The number of pyridine rings is 1. The summed E-state index contributed by atoms with van der Waals surface area (Å²) in [7, 11) is 0. The average Bonchev–Trinajstić information content (AvgIpc) is 2.37. The van der Waals surface area contributed by atoms with Gasteiger partial charge in [0.1, 0.15) is 5.82 Å². The molecule has 1 fully saturated rings. The quantitative estimate of drug-likeness (QED) is 0.839. The van der Waals surface area contributed by atoms with Crippen molar-refractivity contribution < 1.29 is 0 Å². The molecule has 1 aliphatic heterocycles. The van der Waals surface area contributed by atoms with Crippen LogP contribution in [0.25, 0.3) is 0 Å². The molecule has 116 valence electrons. The number of rotatable bonds is 3. The SMILES string of the molecule is CC1CC(C)CN(c2ccc(NC(=S)NC(C)C)cn2)C1. The normalized spacial score (nSPS) is 22.2. The first kappa shape index (κ1) is 16.0. The highest BCUT2D eigenvalue weighted by atomic mass is 32.1. The van der Waals surface area contributed by atoms with Crippen molar-refractivity contribution in [3.05, 3.63) is 18.3 Å². The van der Waals surface area contributed by atoms with Crippen LogP contribution in [-0.2, 0) is 0 Å². The molecule has 2 heterocycles. The summed E-state index contributed by atoms with van der Waals surface area (Å²) >= 11 is 5.24. The summed E-state index contributed by atoms with van der Waals surface area (Å²) in [5.74, 6) is 2.52. The van der Waals surface area contributed by atoms with E-state index in [0.29, 0.717) is 11.2 Å². The van der Waals surface area contributed by atoms with Crippen molar-refractivity contribution in [3.63, 3.8) is 0 Å². The summed E-state index contributed by atoms with van der Waals surface area (Å²) in [6.07, 6.45) is 3.17. The summed E-state index contributed by atoms with van der Waals surface area (Å²) in [5.41, 5.74) is 0.926. The van der Waals surface area contributed by atoms with Gasteiger partial charge < -0.3 is 15.5 Å². The molecular formula is C16H26N4S. The minimum absolute atomic E-state index is 0.327. The zero-order valence-electron chi connectivity index (χ0n) is 13.4. The smallest absolute Gasteiger partial charge is 0.171 e. The van der Waals surface area contributed by atoms with E-state index in [2.05, 4.69) is 54.3 Å². The van der Waals surface area contributed by atoms with Crippen LogP contribution in [0.15, 0.2) is 18.3 Å². The number of thiocarbonyl (C=S) groups is 1. The second-order valence-corrected chi connectivity index (χ2v) is 6.92. The Balaban J connectivity index is 1.97. The summed E-state index contributed by atoms with van der Waals surface area (Å²) in [6, 6.07) is 4.44. The fourth-order valence-corrected chi connectivity index (χ4v) is 3.28. The van der Waals surface area contributed by atoms with Crippen LogP contribution < -0.4 is 15.5 Å². The topological polar surface area (TPSA) is 40.2 Å². The van der Waals surface area contributed by atoms with Gasteiger partial charge in [-0.05, 0) is 56.5 Å². The van der Waals surface area contributed by atoms with Gasteiger partial charge in [0.25, 0.3) is 0 Å². The van der Waals surface area contributed by atoms with E-state index in [1.54, 1.807) is 0 Å². The number of hydrogen-bond acceptors (Lipinski definition) is 3. The van der Waals surface area contributed by atoms with Gasteiger partial charge in [0.2, 0.25) is 0 Å². The lowest BCUT2D eigenvalue weighted by Gasteiger charge is -2.35. The number of nitrogens with zero attached hydrogens (tertiary/aromatic N) is 2. The van der Waals surface area contributed by atoms with Crippen LogP contribution in [0.3, 0.4) is 0 Å². The molecule has 2 N–H and O–H groups in total. The van der Waals surface area contributed by atoms with Crippen LogP contribution in [-0.4, -0.2) is 29.2 Å². The minimum atomic E-state index is 0.327. The highest BCUT2D eigenvalue weighted by molar-refractivity contribution is 7.80. The molecule has 2 atom stereocenters. The van der Waals surface area contributed by atoms with Gasteiger partial charge in [-0.3, -0.25) is 0 Å². The molecule has 1 aromatic heterocycles. The third kappa shape index (κ3) is 4.84. The van der Waals surface area contributed by atoms with Crippen molar-refractivity contribution in [1.29, 1.82) is 0 Å². The van der Waals surface area contributed by atoms with Crippen molar-refractivity contribution in [1.82, 2.24) is 10.3 Å². The maximum atomic E-state index is 5.24. The van der Waals surface area contributed by atoms with Crippen LogP contribution >= 0.6 is 12.2 Å². The van der Waals surface area contributed by atoms with E-state index in [0.717, 1.165) is 36.4 Å². The molecule has 2 rings (SSSR count). The molecule has 2 unspecified atom stereocenters. The van der Waals surface area contributed by atoms with Gasteiger partial charge in [0.05, 0.1) is 11.9 Å². The van der Waals surface area contributed by atoms with Gasteiger partial charge in [-0.1, -0.05) is 13.8 Å². The van der Waals surface area contributed by atoms with E-state index >= 15 is 0 Å². The largest absolute Gasteiger partial charge is 0.360 e. The number of piperidine rings is 1. The molecule has 1 saturated heterocycles. The lowest BCUT2D eigenvalue weighted by molar-refractivity contribution is 0.355. The number of aromatic nitrogens is 1. The van der Waals surface area contributed by atoms with Crippen molar-refractivity contribution in [2.45, 2.75) is 40.2 Å². The Morgan fingerprint density at radius 3 is 2.48 bits per heavy atom. The molecular weight excluding hydrogens is 280 g/mol. The van der Waals surface area contributed by atoms with Gasteiger partial charge in [-0.25, -0.2) is 4.98 Å². The molecule has 0 saturated carbocycles. The van der Waals surface area contributed by atoms with Crippen LogP contribution in [0.2, 0.25) is 0 Å². The number of anilines is 2. The Bertz CT molecular complexity index is 462. The third-order valence-corrected chi connectivity index (χ3v) is 3.84. The molecule has 4 nitrogen and oxygen atoms in total. The van der Waals surface area contributed by atoms with Crippen molar-refractivity contribution in [2.24, 2.45) is 11.8 Å². The molecule has 21 heavy (non-hydrogen) atoms. The van der Waals surface area contributed by atoms with Crippen molar-refractivity contribution in [2.75, 3.05) is 23.3 Å². The Morgan fingerprint density at radius 1 is 1.29 bits per heavy atom. The summed E-state index contributed by atoms with van der Waals surface area (Å²) in [4.78, 5) is 6.96. The van der Waals surface area contributed by atoms with Crippen LogP contribution in [0.5, 0.6) is 0 Å².